The maximum Gasteiger partial charge on any atom is 0.413 e. The SMILES string of the molecule is CN(C)CCc1cn2cc(NC(=O)c3coc(-c4ccnc(NC(=O)OC(C)(C)C)c4)n3)c(N3CCCCC3)cc2n1. The monoisotopic (exact) mass is 574 g/mol. The van der Waals surface area contributed by atoms with Crippen molar-refractivity contribution < 1.29 is 18.7 Å². The minimum absolute atomic E-state index is 0.130. The van der Waals surface area contributed by atoms with Crippen LogP contribution in [0.4, 0.5) is 22.0 Å². The molecule has 0 saturated carbocycles. The van der Waals surface area contributed by atoms with Gasteiger partial charge in [0.2, 0.25) is 5.89 Å². The molecule has 12 nitrogen and oxygen atoms in total. The Balaban J connectivity index is 1.36. The van der Waals surface area contributed by atoms with Crippen LogP contribution in [0.1, 0.15) is 56.2 Å². The quantitative estimate of drug-likeness (QED) is 0.296. The molecule has 1 aliphatic heterocycles. The highest BCUT2D eigenvalue weighted by atomic mass is 16.6. The molecule has 0 aromatic carbocycles. The standard InChI is InChI=1S/C30H38N8O4/c1-30(2,3)42-29(40)35-25-15-20(9-11-31-25)28-34-23(19-41-28)27(39)33-22-18-38-17-21(10-14-36(4)5)32-26(38)16-24(22)37-12-7-6-8-13-37/h9,11,15-19H,6-8,10,12-14H2,1-5H3,(H,33,39)(H,31,35,40). The number of aromatic nitrogens is 4. The number of rotatable bonds is 8. The van der Waals surface area contributed by atoms with Crippen molar-refractivity contribution in [3.8, 4) is 11.5 Å². The van der Waals surface area contributed by atoms with Crippen molar-refractivity contribution in [3.63, 3.8) is 0 Å². The Morgan fingerprint density at radius 3 is 2.60 bits per heavy atom. The van der Waals surface area contributed by atoms with Crippen LogP contribution in [0.2, 0.25) is 0 Å². The van der Waals surface area contributed by atoms with Crippen LogP contribution in [0, 0.1) is 0 Å². The molecule has 2 amide bonds. The van der Waals surface area contributed by atoms with E-state index in [1.807, 2.05) is 37.0 Å². The van der Waals surface area contributed by atoms with Gasteiger partial charge in [-0.2, -0.15) is 0 Å². The summed E-state index contributed by atoms with van der Waals surface area (Å²) in [6.45, 7) is 8.08. The number of imidazole rings is 1. The van der Waals surface area contributed by atoms with Gasteiger partial charge in [-0.15, -0.1) is 0 Å². The topological polar surface area (TPSA) is 130 Å². The fraction of sp³-hybridized carbons (Fsp3) is 0.433. The summed E-state index contributed by atoms with van der Waals surface area (Å²) in [7, 11) is 4.09. The molecule has 0 radical (unpaired) electrons. The highest BCUT2D eigenvalue weighted by molar-refractivity contribution is 6.05. The lowest BCUT2D eigenvalue weighted by Crippen LogP contribution is -2.30. The molecule has 0 bridgehead atoms. The van der Waals surface area contributed by atoms with Crippen LogP contribution >= 0.6 is 0 Å². The lowest BCUT2D eigenvalue weighted by molar-refractivity contribution is 0.0635. The lowest BCUT2D eigenvalue weighted by Gasteiger charge is -2.30. The predicted molar refractivity (Wildman–Crippen MR) is 161 cm³/mol. The van der Waals surface area contributed by atoms with Crippen LogP contribution in [0.3, 0.4) is 0 Å². The zero-order valence-electron chi connectivity index (χ0n) is 24.8. The number of ether oxygens (including phenoxy) is 1. The minimum Gasteiger partial charge on any atom is -0.444 e. The molecule has 0 aliphatic carbocycles. The van der Waals surface area contributed by atoms with Crippen molar-refractivity contribution in [2.24, 2.45) is 0 Å². The number of nitrogens with zero attached hydrogens (tertiary/aromatic N) is 6. The molecule has 0 spiro atoms. The lowest BCUT2D eigenvalue weighted by atomic mass is 10.1. The molecule has 222 valence electrons. The van der Waals surface area contributed by atoms with E-state index in [4.69, 9.17) is 14.1 Å². The van der Waals surface area contributed by atoms with Crippen LogP contribution in [0.15, 0.2) is 47.5 Å². The molecule has 0 unspecified atom stereocenters. The molecule has 2 N–H and O–H groups in total. The fourth-order valence-corrected chi connectivity index (χ4v) is 4.76. The third kappa shape index (κ3) is 7.24. The maximum absolute atomic E-state index is 13.4. The number of anilines is 3. The van der Waals surface area contributed by atoms with E-state index in [-0.39, 0.29) is 17.4 Å². The number of fused-ring (bicyclic) bond motifs is 1. The Morgan fingerprint density at radius 2 is 1.86 bits per heavy atom. The number of amides is 2. The molecule has 4 aromatic rings. The largest absolute Gasteiger partial charge is 0.444 e. The Morgan fingerprint density at radius 1 is 1.07 bits per heavy atom. The number of oxazole rings is 1. The van der Waals surface area contributed by atoms with Gasteiger partial charge in [-0.1, -0.05) is 0 Å². The van der Waals surface area contributed by atoms with E-state index >= 15 is 0 Å². The van der Waals surface area contributed by atoms with Gasteiger partial charge in [-0.05, 0) is 66.3 Å². The first-order valence-electron chi connectivity index (χ1n) is 14.2. The van der Waals surface area contributed by atoms with E-state index in [1.54, 1.807) is 32.9 Å². The van der Waals surface area contributed by atoms with Crippen LogP contribution in [-0.4, -0.2) is 75.6 Å². The van der Waals surface area contributed by atoms with Crippen LogP contribution in [0.5, 0.6) is 0 Å². The second-order valence-electron chi connectivity index (χ2n) is 11.7. The van der Waals surface area contributed by atoms with E-state index in [2.05, 4.69) is 30.4 Å². The molecule has 4 aromatic heterocycles. The van der Waals surface area contributed by atoms with Gasteiger partial charge < -0.3 is 28.7 Å². The van der Waals surface area contributed by atoms with Crippen molar-refractivity contribution in [2.45, 2.75) is 52.1 Å². The highest BCUT2D eigenvalue weighted by Gasteiger charge is 2.21. The Bertz CT molecular complexity index is 1560. The molecular formula is C30H38N8O4. The van der Waals surface area contributed by atoms with E-state index in [9.17, 15) is 9.59 Å². The number of hydrogen-bond acceptors (Lipinski definition) is 9. The predicted octanol–water partition coefficient (Wildman–Crippen LogP) is 5.08. The van der Waals surface area contributed by atoms with Crippen LogP contribution in [0.25, 0.3) is 17.1 Å². The van der Waals surface area contributed by atoms with Crippen LogP contribution < -0.4 is 15.5 Å². The van der Waals surface area contributed by atoms with Gasteiger partial charge in [0.05, 0.1) is 17.1 Å². The molecule has 1 fully saturated rings. The zero-order valence-corrected chi connectivity index (χ0v) is 24.8. The van der Waals surface area contributed by atoms with E-state index < -0.39 is 17.6 Å². The molecule has 42 heavy (non-hydrogen) atoms. The first-order valence-corrected chi connectivity index (χ1v) is 14.2. The number of carbonyl (C=O) groups excluding carboxylic acids is 2. The summed E-state index contributed by atoms with van der Waals surface area (Å²) in [5.74, 6) is 0.106. The average molecular weight is 575 g/mol. The van der Waals surface area contributed by atoms with Gasteiger partial charge in [-0.3, -0.25) is 10.1 Å². The molecule has 5 heterocycles. The van der Waals surface area contributed by atoms with E-state index in [0.29, 0.717) is 11.3 Å². The van der Waals surface area contributed by atoms with Gasteiger partial charge in [0, 0.05) is 56.3 Å². The molecular weight excluding hydrogens is 536 g/mol. The van der Waals surface area contributed by atoms with Crippen LogP contribution in [-0.2, 0) is 11.2 Å². The summed E-state index contributed by atoms with van der Waals surface area (Å²) < 4.78 is 12.9. The Labute approximate surface area is 245 Å². The number of hydrogen-bond donors (Lipinski definition) is 2. The summed E-state index contributed by atoms with van der Waals surface area (Å²) in [5.41, 5.74) is 3.51. The van der Waals surface area contributed by atoms with Gasteiger partial charge in [0.1, 0.15) is 23.3 Å². The van der Waals surface area contributed by atoms with Crippen molar-refractivity contribution in [2.75, 3.05) is 49.3 Å². The van der Waals surface area contributed by atoms with Crippen molar-refractivity contribution in [3.05, 3.63) is 54.4 Å². The second kappa shape index (κ2) is 12.2. The van der Waals surface area contributed by atoms with Crippen molar-refractivity contribution in [1.29, 1.82) is 0 Å². The second-order valence-corrected chi connectivity index (χ2v) is 11.7. The number of carbonyl (C=O) groups is 2. The number of nitrogens with one attached hydrogen (secondary N) is 2. The average Bonchev–Trinajstić information content (AvgIpc) is 3.58. The van der Waals surface area contributed by atoms with Gasteiger partial charge >= 0.3 is 6.09 Å². The molecule has 0 atom stereocenters. The van der Waals surface area contributed by atoms with Gasteiger partial charge in [0.15, 0.2) is 5.69 Å². The fourth-order valence-electron chi connectivity index (χ4n) is 4.76. The van der Waals surface area contributed by atoms with Crippen molar-refractivity contribution >= 4 is 34.8 Å². The van der Waals surface area contributed by atoms with E-state index in [1.165, 1.54) is 18.9 Å². The zero-order chi connectivity index (χ0) is 29.9. The summed E-state index contributed by atoms with van der Waals surface area (Å²) in [6.07, 6.45) is 10.4. The third-order valence-corrected chi connectivity index (χ3v) is 6.75. The Hall–Kier alpha value is -4.45. The normalized spacial score (nSPS) is 13.9. The number of likely N-dealkylation sites (N-methyl/N-ethyl adjacent to an activating group) is 1. The number of pyridine rings is 2. The first kappa shape index (κ1) is 29.1. The Kier molecular flexibility index (Phi) is 8.44. The van der Waals surface area contributed by atoms with Crippen molar-refractivity contribution in [1.82, 2.24) is 24.3 Å². The first-order chi connectivity index (χ1) is 20.0. The maximum atomic E-state index is 13.4. The number of piperidine rings is 1. The smallest absolute Gasteiger partial charge is 0.413 e. The van der Waals surface area contributed by atoms with Gasteiger partial charge in [-0.25, -0.2) is 19.7 Å². The van der Waals surface area contributed by atoms with E-state index in [0.717, 1.165) is 55.9 Å². The third-order valence-electron chi connectivity index (χ3n) is 6.75. The summed E-state index contributed by atoms with van der Waals surface area (Å²) in [5, 5.41) is 5.66. The minimum atomic E-state index is -0.642. The highest BCUT2D eigenvalue weighted by Crippen LogP contribution is 2.31. The molecule has 5 rings (SSSR count). The molecule has 12 heteroatoms. The molecule has 1 saturated heterocycles. The molecule has 1 aliphatic rings. The summed E-state index contributed by atoms with van der Waals surface area (Å²) in [6, 6.07) is 5.33. The summed E-state index contributed by atoms with van der Waals surface area (Å²) >= 11 is 0. The summed E-state index contributed by atoms with van der Waals surface area (Å²) in [4.78, 5) is 43.4. The van der Waals surface area contributed by atoms with Gasteiger partial charge in [0.25, 0.3) is 5.91 Å².